The molecule has 0 radical (unpaired) electrons. The van der Waals surface area contributed by atoms with Crippen molar-refractivity contribution in [3.05, 3.63) is 188 Å². The minimum absolute atomic E-state index is 0.891. The average Bonchev–Trinajstić information content (AvgIpc) is 3.92. The maximum atomic E-state index is 6.79. The van der Waals surface area contributed by atoms with Crippen molar-refractivity contribution in [2.45, 2.75) is 6.55 Å². The highest BCUT2D eigenvalue weighted by molar-refractivity contribution is 7.15. The van der Waals surface area contributed by atoms with Gasteiger partial charge in [-0.1, -0.05) is 110 Å². The van der Waals surface area contributed by atoms with Gasteiger partial charge >= 0.3 is 0 Å². The van der Waals surface area contributed by atoms with E-state index in [1.807, 2.05) is 12.1 Å². The molecule has 1 unspecified atom stereocenters. The number of nitrogens with zero attached hydrogens (tertiary/aromatic N) is 2. The molecule has 1 atom stereocenters. The summed E-state index contributed by atoms with van der Waals surface area (Å²) in [5, 5.41) is 11.2. The highest BCUT2D eigenvalue weighted by Crippen LogP contribution is 2.47. The van der Waals surface area contributed by atoms with Crippen LogP contribution in [0.2, 0.25) is 6.55 Å². The zero-order valence-corrected chi connectivity index (χ0v) is 32.6. The summed E-state index contributed by atoms with van der Waals surface area (Å²) in [5.74, 6) is 0. The van der Waals surface area contributed by atoms with Crippen molar-refractivity contribution in [2.75, 3.05) is 9.80 Å². The fraction of sp³-hybridized carbons (Fsp3) is 0.0189. The van der Waals surface area contributed by atoms with E-state index in [0.717, 1.165) is 61.2 Å². The molecular weight excluding hydrogens is 725 g/mol. The minimum Gasteiger partial charge on any atom is -0.456 e. The number of furan rings is 2. The Morgan fingerprint density at radius 3 is 2.02 bits per heavy atom. The first-order chi connectivity index (χ1) is 28.6. The van der Waals surface area contributed by atoms with E-state index >= 15 is 0 Å². The van der Waals surface area contributed by atoms with Crippen LogP contribution in [0.5, 0.6) is 0 Å². The molecule has 0 saturated heterocycles. The van der Waals surface area contributed by atoms with Crippen LogP contribution < -0.4 is 25.4 Å². The highest BCUT2D eigenvalue weighted by Gasteiger charge is 2.50. The third kappa shape index (κ3) is 4.23. The van der Waals surface area contributed by atoms with Crippen LogP contribution in [0.3, 0.4) is 0 Å². The Morgan fingerprint density at radius 1 is 0.431 bits per heavy atom. The SMILES string of the molecule is C[Si]12c3ccc(N(c4ccccc4)c4ccc5oc6ccccc6c5c4)cc3-c3cccc(c31)N(c1ccccc1)c1cc3c(cc12)oc1ccc2ccccc2c13. The van der Waals surface area contributed by atoms with Gasteiger partial charge in [0.05, 0.1) is 0 Å². The van der Waals surface area contributed by atoms with Crippen LogP contribution in [0.1, 0.15) is 0 Å². The Hall–Kier alpha value is -7.34. The highest BCUT2D eigenvalue weighted by atomic mass is 28.3. The molecule has 0 N–H and O–H groups in total. The normalized spacial score (nSPS) is 15.4. The van der Waals surface area contributed by atoms with Gasteiger partial charge in [-0.15, -0.1) is 0 Å². The molecule has 9 aromatic carbocycles. The molecule has 2 aliphatic rings. The van der Waals surface area contributed by atoms with Gasteiger partial charge in [-0.2, -0.15) is 0 Å². The van der Waals surface area contributed by atoms with E-state index in [0.29, 0.717) is 0 Å². The number of rotatable bonds is 4. The van der Waals surface area contributed by atoms with E-state index in [2.05, 4.69) is 192 Å². The van der Waals surface area contributed by atoms with Gasteiger partial charge in [0.15, 0.2) is 8.07 Å². The summed E-state index contributed by atoms with van der Waals surface area (Å²) in [6.07, 6.45) is 0. The molecule has 11 aromatic rings. The lowest BCUT2D eigenvalue weighted by atomic mass is 10.0. The summed E-state index contributed by atoms with van der Waals surface area (Å²) < 4.78 is 13.0. The standard InChI is InChI=1S/C53H34N2O2Si/c1-58-50-28-25-37(54(34-14-4-2-5-15-34)36-24-27-47-41(29-36)39-19-10-11-22-46(39)56-47)30-42(50)40-20-12-21-44(53(40)58)55(35-16-6-3-7-17-35)45-31-43-49(32-51(45)58)57-48-26-23-33-13-8-9-18-38(33)52(43)48/h2-32H,1H3. The molecule has 0 bridgehead atoms. The summed E-state index contributed by atoms with van der Waals surface area (Å²) in [7, 11) is -2.58. The quantitative estimate of drug-likeness (QED) is 0.167. The van der Waals surface area contributed by atoms with Crippen LogP contribution in [0.25, 0.3) is 65.8 Å². The van der Waals surface area contributed by atoms with Crippen LogP contribution in [0.15, 0.2) is 197 Å². The summed E-state index contributed by atoms with van der Waals surface area (Å²) in [6.45, 7) is 2.55. The predicted molar refractivity (Wildman–Crippen MR) is 244 cm³/mol. The molecule has 272 valence electrons. The van der Waals surface area contributed by atoms with Crippen molar-refractivity contribution in [3.63, 3.8) is 0 Å². The van der Waals surface area contributed by atoms with E-state index < -0.39 is 8.07 Å². The number of benzene rings is 9. The van der Waals surface area contributed by atoms with Crippen LogP contribution >= 0.6 is 0 Å². The summed E-state index contributed by atoms with van der Waals surface area (Å²) >= 11 is 0. The molecular formula is C53H34N2O2Si. The van der Waals surface area contributed by atoms with Gasteiger partial charge in [-0.25, -0.2) is 0 Å². The minimum atomic E-state index is -2.58. The first-order valence-electron chi connectivity index (χ1n) is 19.9. The van der Waals surface area contributed by atoms with Gasteiger partial charge in [0.25, 0.3) is 0 Å². The van der Waals surface area contributed by atoms with Crippen LogP contribution in [-0.2, 0) is 0 Å². The van der Waals surface area contributed by atoms with E-state index in [-0.39, 0.29) is 0 Å². The third-order valence-corrected chi connectivity index (χ3v) is 17.3. The van der Waals surface area contributed by atoms with Crippen molar-refractivity contribution in [3.8, 4) is 11.1 Å². The van der Waals surface area contributed by atoms with E-state index in [1.54, 1.807) is 0 Å². The van der Waals surface area contributed by atoms with Crippen LogP contribution in [-0.4, -0.2) is 8.07 Å². The van der Waals surface area contributed by atoms with Crippen molar-refractivity contribution in [1.29, 1.82) is 0 Å². The molecule has 0 saturated carbocycles. The molecule has 2 aromatic heterocycles. The first-order valence-corrected chi connectivity index (χ1v) is 22.4. The lowest BCUT2D eigenvalue weighted by Gasteiger charge is -2.41. The summed E-state index contributed by atoms with van der Waals surface area (Å²) in [5.41, 5.74) is 13.2. The molecule has 0 amide bonds. The zero-order valence-electron chi connectivity index (χ0n) is 31.6. The number of fused-ring (bicyclic) bond motifs is 13. The first kappa shape index (κ1) is 31.8. The number of hydrogen-bond donors (Lipinski definition) is 0. The zero-order chi connectivity index (χ0) is 38.1. The molecule has 0 spiro atoms. The molecule has 13 rings (SSSR count). The second-order valence-electron chi connectivity index (χ2n) is 15.8. The van der Waals surface area contributed by atoms with E-state index in [1.165, 1.54) is 54.2 Å². The van der Waals surface area contributed by atoms with Gasteiger partial charge in [0, 0.05) is 55.7 Å². The van der Waals surface area contributed by atoms with Crippen LogP contribution in [0, 0.1) is 0 Å². The Bertz CT molecular complexity index is 3500. The molecule has 0 aliphatic carbocycles. The Kier molecular flexibility index (Phi) is 6.37. The summed E-state index contributed by atoms with van der Waals surface area (Å²) in [4.78, 5) is 4.88. The third-order valence-electron chi connectivity index (χ3n) is 12.8. The average molecular weight is 759 g/mol. The van der Waals surface area contributed by atoms with Gasteiger partial charge in [-0.05, 0) is 122 Å². The van der Waals surface area contributed by atoms with Crippen molar-refractivity contribution < 1.29 is 8.83 Å². The van der Waals surface area contributed by atoms with Gasteiger partial charge in [0.1, 0.15) is 22.3 Å². The Balaban J connectivity index is 1.06. The van der Waals surface area contributed by atoms with E-state index in [9.17, 15) is 0 Å². The van der Waals surface area contributed by atoms with Crippen molar-refractivity contribution >= 4 is 112 Å². The topological polar surface area (TPSA) is 32.8 Å². The molecule has 0 fully saturated rings. The molecule has 2 aliphatic heterocycles. The number of hydrogen-bond acceptors (Lipinski definition) is 4. The monoisotopic (exact) mass is 758 g/mol. The lowest BCUT2D eigenvalue weighted by molar-refractivity contribution is 0.669. The number of anilines is 6. The molecule has 4 heterocycles. The van der Waals surface area contributed by atoms with Crippen LogP contribution in [0.4, 0.5) is 34.1 Å². The molecule has 58 heavy (non-hydrogen) atoms. The lowest BCUT2D eigenvalue weighted by Crippen LogP contribution is -2.66. The molecule has 4 nitrogen and oxygen atoms in total. The fourth-order valence-electron chi connectivity index (χ4n) is 10.2. The largest absolute Gasteiger partial charge is 0.456 e. The van der Waals surface area contributed by atoms with Crippen molar-refractivity contribution in [2.24, 2.45) is 0 Å². The van der Waals surface area contributed by atoms with Gasteiger partial charge < -0.3 is 18.6 Å². The maximum Gasteiger partial charge on any atom is 0.152 e. The maximum absolute atomic E-state index is 6.79. The van der Waals surface area contributed by atoms with Gasteiger partial charge in [-0.3, -0.25) is 0 Å². The van der Waals surface area contributed by atoms with E-state index in [4.69, 9.17) is 8.83 Å². The Morgan fingerprint density at radius 2 is 1.14 bits per heavy atom. The summed E-state index contributed by atoms with van der Waals surface area (Å²) in [6, 6.07) is 68.3. The second kappa shape index (κ2) is 11.6. The predicted octanol–water partition coefficient (Wildman–Crippen LogP) is 13.0. The fourth-order valence-corrected chi connectivity index (χ4v) is 14.8. The number of para-hydroxylation sites is 3. The Labute approximate surface area is 335 Å². The molecule has 5 heteroatoms. The second-order valence-corrected chi connectivity index (χ2v) is 19.6. The van der Waals surface area contributed by atoms with Crippen molar-refractivity contribution in [1.82, 2.24) is 0 Å². The van der Waals surface area contributed by atoms with Gasteiger partial charge in [0.2, 0.25) is 0 Å². The smallest absolute Gasteiger partial charge is 0.152 e.